The first-order valence-corrected chi connectivity index (χ1v) is 9.74. The Labute approximate surface area is 168 Å². The fourth-order valence-corrected chi connectivity index (χ4v) is 3.40. The summed E-state index contributed by atoms with van der Waals surface area (Å²) in [7, 11) is 0. The van der Waals surface area contributed by atoms with E-state index in [0.717, 1.165) is 22.4 Å². The number of hydrogen-bond donors (Lipinski definition) is 2. The number of amides is 2. The summed E-state index contributed by atoms with van der Waals surface area (Å²) in [5, 5.41) is 7.91. The fraction of sp³-hybridized carbons (Fsp3) is 0.136. The second-order valence-corrected chi connectivity index (χ2v) is 7.23. The molecule has 3 aromatic rings. The van der Waals surface area contributed by atoms with Gasteiger partial charge in [-0.15, -0.1) is 11.3 Å². The molecule has 0 spiro atoms. The third kappa shape index (κ3) is 5.37. The summed E-state index contributed by atoms with van der Waals surface area (Å²) < 4.78 is 0. The second-order valence-electron chi connectivity index (χ2n) is 6.37. The topological polar surface area (TPSA) is 71.1 Å². The van der Waals surface area contributed by atoms with Crippen LogP contribution >= 0.6 is 11.3 Å². The summed E-state index contributed by atoms with van der Waals surface area (Å²) in [5.41, 5.74) is 4.44. The van der Waals surface area contributed by atoms with E-state index in [4.69, 9.17) is 0 Å². The van der Waals surface area contributed by atoms with Crippen molar-refractivity contribution in [1.29, 1.82) is 0 Å². The Morgan fingerprint density at radius 1 is 1.00 bits per heavy atom. The van der Waals surface area contributed by atoms with Gasteiger partial charge in [-0.05, 0) is 36.6 Å². The second kappa shape index (κ2) is 9.10. The van der Waals surface area contributed by atoms with Crippen molar-refractivity contribution in [3.8, 4) is 0 Å². The maximum atomic E-state index is 12.3. The van der Waals surface area contributed by atoms with Gasteiger partial charge in [0, 0.05) is 17.1 Å². The van der Waals surface area contributed by atoms with Gasteiger partial charge in [0.15, 0.2) is 5.13 Å². The zero-order valence-corrected chi connectivity index (χ0v) is 16.5. The average Bonchev–Trinajstić information content (AvgIpc) is 3.10. The lowest BCUT2D eigenvalue weighted by atomic mass is 10.1. The van der Waals surface area contributed by atoms with Crippen molar-refractivity contribution in [2.75, 3.05) is 10.6 Å². The van der Waals surface area contributed by atoms with Gasteiger partial charge < -0.3 is 5.32 Å². The van der Waals surface area contributed by atoms with E-state index in [0.29, 0.717) is 10.8 Å². The van der Waals surface area contributed by atoms with Crippen LogP contribution in [0.15, 0.2) is 60.0 Å². The molecule has 0 fully saturated rings. The minimum atomic E-state index is -0.260. The van der Waals surface area contributed by atoms with E-state index in [-0.39, 0.29) is 18.2 Å². The largest absolute Gasteiger partial charge is 0.325 e. The minimum absolute atomic E-state index is 0.135. The van der Waals surface area contributed by atoms with Gasteiger partial charge in [-0.2, -0.15) is 0 Å². The zero-order valence-electron chi connectivity index (χ0n) is 15.7. The molecule has 0 aliphatic carbocycles. The molecule has 0 aliphatic rings. The number of anilines is 2. The normalized spacial score (nSPS) is 10.8. The van der Waals surface area contributed by atoms with Crippen molar-refractivity contribution >= 4 is 40.0 Å². The molecule has 0 saturated heterocycles. The maximum absolute atomic E-state index is 12.3. The van der Waals surface area contributed by atoms with Crippen LogP contribution < -0.4 is 10.6 Å². The van der Waals surface area contributed by atoms with E-state index >= 15 is 0 Å². The van der Waals surface area contributed by atoms with Crippen LogP contribution in [-0.4, -0.2) is 16.8 Å². The molecule has 28 heavy (non-hydrogen) atoms. The third-order valence-corrected chi connectivity index (χ3v) is 4.90. The van der Waals surface area contributed by atoms with Crippen molar-refractivity contribution in [3.63, 3.8) is 0 Å². The highest BCUT2D eigenvalue weighted by molar-refractivity contribution is 7.14. The van der Waals surface area contributed by atoms with Gasteiger partial charge in [0.25, 0.3) is 0 Å². The zero-order chi connectivity index (χ0) is 19.9. The summed E-state index contributed by atoms with van der Waals surface area (Å²) in [6, 6.07) is 15.5. The van der Waals surface area contributed by atoms with Gasteiger partial charge in [-0.3, -0.25) is 14.9 Å². The Kier molecular flexibility index (Phi) is 6.34. The van der Waals surface area contributed by atoms with Gasteiger partial charge in [-0.25, -0.2) is 4.98 Å². The number of aryl methyl sites for hydroxylation is 2. The van der Waals surface area contributed by atoms with Crippen molar-refractivity contribution in [1.82, 2.24) is 4.98 Å². The molecular weight excluding hydrogens is 370 g/mol. The van der Waals surface area contributed by atoms with E-state index < -0.39 is 0 Å². The standard InChI is InChI=1S/C22H21N3O2S/c1-15-7-6-8-16(2)21(15)24-20(27)13-18-14-28-22(23-18)25-19(26)12-11-17-9-4-3-5-10-17/h3-12,14H,13H2,1-2H3,(H,24,27)(H,23,25,26)/b12-11+. The molecular formula is C22H21N3O2S. The van der Waals surface area contributed by atoms with Gasteiger partial charge in [0.1, 0.15) is 0 Å². The first-order chi connectivity index (χ1) is 13.5. The molecule has 3 rings (SSSR count). The van der Waals surface area contributed by atoms with Crippen LogP contribution in [0, 0.1) is 13.8 Å². The molecule has 0 radical (unpaired) electrons. The number of hydrogen-bond acceptors (Lipinski definition) is 4. The lowest BCUT2D eigenvalue weighted by molar-refractivity contribution is -0.115. The Morgan fingerprint density at radius 3 is 2.43 bits per heavy atom. The highest BCUT2D eigenvalue weighted by atomic mass is 32.1. The molecule has 0 saturated carbocycles. The van der Waals surface area contributed by atoms with Crippen molar-refractivity contribution in [2.45, 2.75) is 20.3 Å². The summed E-state index contributed by atoms with van der Waals surface area (Å²) >= 11 is 1.30. The van der Waals surface area contributed by atoms with Crippen LogP contribution in [0.1, 0.15) is 22.4 Å². The monoisotopic (exact) mass is 391 g/mol. The summed E-state index contributed by atoms with van der Waals surface area (Å²) in [6.07, 6.45) is 3.35. The lowest BCUT2D eigenvalue weighted by Gasteiger charge is -2.10. The van der Waals surface area contributed by atoms with Crippen molar-refractivity contribution in [3.05, 3.63) is 82.4 Å². The first-order valence-electron chi connectivity index (χ1n) is 8.86. The number of aromatic nitrogens is 1. The average molecular weight is 391 g/mol. The lowest BCUT2D eigenvalue weighted by Crippen LogP contribution is -2.16. The molecule has 0 bridgehead atoms. The van der Waals surface area contributed by atoms with Crippen LogP contribution in [0.3, 0.4) is 0 Å². The summed E-state index contributed by atoms with van der Waals surface area (Å²) in [5.74, 6) is -0.394. The van der Waals surface area contributed by atoms with Gasteiger partial charge in [0.2, 0.25) is 11.8 Å². The highest BCUT2D eigenvalue weighted by Crippen LogP contribution is 2.20. The number of benzene rings is 2. The molecule has 0 unspecified atom stereocenters. The van der Waals surface area contributed by atoms with Gasteiger partial charge in [0.05, 0.1) is 12.1 Å². The molecule has 5 nitrogen and oxygen atoms in total. The van der Waals surface area contributed by atoms with Crippen LogP contribution in [0.25, 0.3) is 6.08 Å². The smallest absolute Gasteiger partial charge is 0.250 e. The quantitative estimate of drug-likeness (QED) is 0.604. The SMILES string of the molecule is Cc1cccc(C)c1NC(=O)Cc1csc(NC(=O)/C=C/c2ccccc2)n1. The Morgan fingerprint density at radius 2 is 1.71 bits per heavy atom. The highest BCUT2D eigenvalue weighted by Gasteiger charge is 2.11. The predicted octanol–water partition coefficient (Wildman–Crippen LogP) is 4.59. The molecule has 2 N–H and O–H groups in total. The Balaban J connectivity index is 1.56. The van der Waals surface area contributed by atoms with Crippen LogP contribution in [0.5, 0.6) is 0 Å². The molecule has 2 aromatic carbocycles. The maximum Gasteiger partial charge on any atom is 0.250 e. The first kappa shape index (κ1) is 19.5. The minimum Gasteiger partial charge on any atom is -0.325 e. The van der Waals surface area contributed by atoms with E-state index in [9.17, 15) is 9.59 Å². The van der Waals surface area contributed by atoms with Crippen molar-refractivity contribution < 1.29 is 9.59 Å². The molecule has 2 amide bonds. The Hall–Kier alpha value is -3.25. The third-order valence-electron chi connectivity index (χ3n) is 4.10. The number of nitrogens with one attached hydrogen (secondary N) is 2. The molecule has 142 valence electrons. The van der Waals surface area contributed by atoms with Crippen LogP contribution in [-0.2, 0) is 16.0 Å². The van der Waals surface area contributed by atoms with Crippen LogP contribution in [0.4, 0.5) is 10.8 Å². The molecule has 1 aromatic heterocycles. The van der Waals surface area contributed by atoms with Crippen molar-refractivity contribution in [2.24, 2.45) is 0 Å². The molecule has 6 heteroatoms. The number of para-hydroxylation sites is 1. The summed E-state index contributed by atoms with van der Waals surface area (Å²) in [4.78, 5) is 28.7. The van der Waals surface area contributed by atoms with E-state index in [1.165, 1.54) is 17.4 Å². The van der Waals surface area contributed by atoms with Gasteiger partial charge in [-0.1, -0.05) is 48.5 Å². The van der Waals surface area contributed by atoms with E-state index in [1.807, 2.05) is 62.4 Å². The van der Waals surface area contributed by atoms with E-state index in [2.05, 4.69) is 15.6 Å². The number of nitrogens with zero attached hydrogens (tertiary/aromatic N) is 1. The molecule has 0 atom stereocenters. The molecule has 0 aliphatic heterocycles. The number of carbonyl (C=O) groups excluding carboxylic acids is 2. The van der Waals surface area contributed by atoms with E-state index in [1.54, 1.807) is 11.5 Å². The summed E-state index contributed by atoms with van der Waals surface area (Å²) in [6.45, 7) is 3.92. The van der Waals surface area contributed by atoms with Gasteiger partial charge >= 0.3 is 0 Å². The fourth-order valence-electron chi connectivity index (χ4n) is 2.69. The van der Waals surface area contributed by atoms with Crippen LogP contribution in [0.2, 0.25) is 0 Å². The molecule has 1 heterocycles. The number of carbonyl (C=O) groups is 2. The number of rotatable bonds is 6. The number of thiazole rings is 1. The predicted molar refractivity (Wildman–Crippen MR) is 114 cm³/mol. The Bertz CT molecular complexity index is 989.